The van der Waals surface area contributed by atoms with Crippen LogP contribution in [-0.4, -0.2) is 16.1 Å². The van der Waals surface area contributed by atoms with Crippen LogP contribution >= 0.6 is 27.5 Å². The van der Waals surface area contributed by atoms with Crippen molar-refractivity contribution >= 4 is 33.5 Å². The molecule has 1 N–H and O–H groups in total. The van der Waals surface area contributed by atoms with Gasteiger partial charge in [-0.1, -0.05) is 11.6 Å². The molecule has 1 heterocycles. The van der Waals surface area contributed by atoms with Crippen LogP contribution in [0.25, 0.3) is 0 Å². The van der Waals surface area contributed by atoms with Gasteiger partial charge < -0.3 is 9.84 Å². The van der Waals surface area contributed by atoms with Crippen LogP contribution in [0.4, 0.5) is 0 Å². The van der Waals surface area contributed by atoms with Crippen molar-refractivity contribution in [1.82, 2.24) is 4.98 Å². The average molecular weight is 343 g/mol. The van der Waals surface area contributed by atoms with E-state index in [2.05, 4.69) is 20.9 Å². The average Bonchev–Trinajstić information content (AvgIpc) is 2.32. The minimum absolute atomic E-state index is 0.132. The van der Waals surface area contributed by atoms with Gasteiger partial charge in [0, 0.05) is 16.8 Å². The number of aromatic carboxylic acids is 1. The lowest BCUT2D eigenvalue weighted by Crippen LogP contribution is -2.00. The second-order valence-electron chi connectivity index (χ2n) is 3.82. The van der Waals surface area contributed by atoms with E-state index in [1.165, 1.54) is 12.1 Å². The van der Waals surface area contributed by atoms with Gasteiger partial charge in [0.05, 0.1) is 10.0 Å². The molecular weight excluding hydrogens is 334 g/mol. The molecular formula is C13H9BrClNO3. The van der Waals surface area contributed by atoms with Crippen molar-refractivity contribution in [3.05, 3.63) is 51.1 Å². The first-order valence-corrected chi connectivity index (χ1v) is 6.47. The Kier molecular flexibility index (Phi) is 4.07. The predicted molar refractivity (Wildman–Crippen MR) is 75.2 cm³/mol. The Morgan fingerprint density at radius 2 is 2.11 bits per heavy atom. The van der Waals surface area contributed by atoms with Crippen LogP contribution in [-0.2, 0) is 0 Å². The summed E-state index contributed by atoms with van der Waals surface area (Å²) in [7, 11) is 0. The Bertz CT molecular complexity index is 646. The van der Waals surface area contributed by atoms with Crippen LogP contribution in [0.1, 0.15) is 16.1 Å². The summed E-state index contributed by atoms with van der Waals surface area (Å²) in [6.07, 6.45) is 0. The third kappa shape index (κ3) is 3.45. The van der Waals surface area contributed by atoms with E-state index in [9.17, 15) is 4.79 Å². The molecule has 0 aliphatic heterocycles. The molecule has 0 radical (unpaired) electrons. The van der Waals surface area contributed by atoms with Gasteiger partial charge >= 0.3 is 5.97 Å². The fourth-order valence-corrected chi connectivity index (χ4v) is 2.25. The van der Waals surface area contributed by atoms with Crippen molar-refractivity contribution in [2.75, 3.05) is 0 Å². The molecule has 19 heavy (non-hydrogen) atoms. The number of ether oxygens (including phenoxy) is 1. The maximum atomic E-state index is 11.0. The fraction of sp³-hybridized carbons (Fsp3) is 0.0769. The first-order valence-electron chi connectivity index (χ1n) is 5.30. The number of hydrogen-bond donors (Lipinski definition) is 1. The number of halogens is 2. The first kappa shape index (κ1) is 13.8. The molecule has 4 nitrogen and oxygen atoms in total. The number of rotatable bonds is 3. The Morgan fingerprint density at radius 1 is 1.37 bits per heavy atom. The lowest BCUT2D eigenvalue weighted by Gasteiger charge is -2.08. The van der Waals surface area contributed by atoms with Gasteiger partial charge in [-0.25, -0.2) is 9.78 Å². The molecule has 2 rings (SSSR count). The van der Waals surface area contributed by atoms with Crippen LogP contribution in [0.3, 0.4) is 0 Å². The van der Waals surface area contributed by atoms with Gasteiger partial charge in [-0.05, 0) is 47.1 Å². The number of nitrogens with zero attached hydrogens (tertiary/aromatic N) is 1. The van der Waals surface area contributed by atoms with Crippen LogP contribution in [0, 0.1) is 6.92 Å². The van der Waals surface area contributed by atoms with E-state index >= 15 is 0 Å². The van der Waals surface area contributed by atoms with Crippen LogP contribution in [0.2, 0.25) is 5.02 Å². The van der Waals surface area contributed by atoms with Crippen molar-refractivity contribution in [3.8, 4) is 11.6 Å². The van der Waals surface area contributed by atoms with Crippen molar-refractivity contribution in [3.63, 3.8) is 0 Å². The summed E-state index contributed by atoms with van der Waals surface area (Å²) in [5.74, 6) is -0.287. The van der Waals surface area contributed by atoms with Gasteiger partial charge in [0.15, 0.2) is 0 Å². The molecule has 0 bridgehead atoms. The molecule has 0 fully saturated rings. The monoisotopic (exact) mass is 341 g/mol. The molecule has 0 saturated carbocycles. The Labute approximate surface area is 123 Å². The zero-order valence-electron chi connectivity index (χ0n) is 9.85. The van der Waals surface area contributed by atoms with E-state index in [-0.39, 0.29) is 11.4 Å². The largest absolute Gasteiger partial charge is 0.478 e. The van der Waals surface area contributed by atoms with E-state index in [1.54, 1.807) is 25.1 Å². The number of benzene rings is 1. The van der Waals surface area contributed by atoms with Crippen molar-refractivity contribution in [2.24, 2.45) is 0 Å². The summed E-state index contributed by atoms with van der Waals surface area (Å²) < 4.78 is 6.22. The topological polar surface area (TPSA) is 59.4 Å². The summed E-state index contributed by atoms with van der Waals surface area (Å²) in [5.41, 5.74) is 0.701. The number of carbonyl (C=O) groups is 1. The lowest BCUT2D eigenvalue weighted by molar-refractivity contribution is 0.0696. The minimum atomic E-state index is -1.02. The highest BCUT2D eigenvalue weighted by molar-refractivity contribution is 9.10. The maximum Gasteiger partial charge on any atom is 0.335 e. The SMILES string of the molecule is Cc1cc(C(=O)O)cc(Oc2ccc(Cl)cc2Br)n1. The van der Waals surface area contributed by atoms with Gasteiger partial charge in [0.1, 0.15) is 5.75 Å². The number of carboxylic acids is 1. The van der Waals surface area contributed by atoms with E-state index < -0.39 is 5.97 Å². The predicted octanol–water partition coefficient (Wildman–Crippen LogP) is 4.30. The van der Waals surface area contributed by atoms with Crippen LogP contribution in [0.5, 0.6) is 11.6 Å². The third-order valence-corrected chi connectivity index (χ3v) is 3.14. The van der Waals surface area contributed by atoms with Gasteiger partial charge in [0.25, 0.3) is 0 Å². The van der Waals surface area contributed by atoms with Gasteiger partial charge in [-0.3, -0.25) is 0 Å². The van der Waals surface area contributed by atoms with Gasteiger partial charge in [0.2, 0.25) is 5.88 Å². The molecule has 1 aromatic heterocycles. The van der Waals surface area contributed by atoms with Crippen LogP contribution in [0.15, 0.2) is 34.8 Å². The van der Waals surface area contributed by atoms with Crippen molar-refractivity contribution in [2.45, 2.75) is 6.92 Å². The van der Waals surface area contributed by atoms with E-state index in [0.717, 1.165) is 0 Å². The molecule has 98 valence electrons. The maximum absolute atomic E-state index is 11.0. The number of carboxylic acid groups (broad SMARTS) is 1. The number of aryl methyl sites for hydroxylation is 1. The van der Waals surface area contributed by atoms with E-state index in [4.69, 9.17) is 21.4 Å². The van der Waals surface area contributed by atoms with E-state index in [1.807, 2.05) is 0 Å². The van der Waals surface area contributed by atoms with Crippen molar-refractivity contribution in [1.29, 1.82) is 0 Å². The summed E-state index contributed by atoms with van der Waals surface area (Å²) in [5, 5.41) is 9.55. The summed E-state index contributed by atoms with van der Waals surface area (Å²) in [6.45, 7) is 1.70. The Morgan fingerprint density at radius 3 is 2.74 bits per heavy atom. The smallest absolute Gasteiger partial charge is 0.335 e. The summed E-state index contributed by atoms with van der Waals surface area (Å²) in [4.78, 5) is 15.1. The number of hydrogen-bond acceptors (Lipinski definition) is 3. The molecule has 0 amide bonds. The summed E-state index contributed by atoms with van der Waals surface area (Å²) >= 11 is 9.15. The second kappa shape index (κ2) is 5.59. The van der Waals surface area contributed by atoms with Gasteiger partial charge in [-0.15, -0.1) is 0 Å². The Balaban J connectivity index is 2.35. The minimum Gasteiger partial charge on any atom is -0.478 e. The fourth-order valence-electron chi connectivity index (χ4n) is 1.48. The normalized spacial score (nSPS) is 10.3. The molecule has 2 aromatic rings. The summed E-state index contributed by atoms with van der Waals surface area (Å²) in [6, 6.07) is 7.89. The molecule has 0 atom stereocenters. The molecule has 0 spiro atoms. The van der Waals surface area contributed by atoms with Crippen LogP contribution < -0.4 is 4.74 Å². The molecule has 0 saturated heterocycles. The standard InChI is InChI=1S/C13H9BrClNO3/c1-7-4-8(13(17)18)5-12(16-7)19-11-3-2-9(15)6-10(11)14/h2-6H,1H3,(H,17,18). The highest BCUT2D eigenvalue weighted by Gasteiger charge is 2.10. The second-order valence-corrected chi connectivity index (χ2v) is 5.11. The lowest BCUT2D eigenvalue weighted by atomic mass is 10.2. The Hall–Kier alpha value is -1.59. The molecule has 6 heteroatoms. The van der Waals surface area contributed by atoms with Crippen molar-refractivity contribution < 1.29 is 14.6 Å². The highest BCUT2D eigenvalue weighted by atomic mass is 79.9. The molecule has 0 unspecified atom stereocenters. The molecule has 0 aliphatic carbocycles. The molecule has 0 aliphatic rings. The number of pyridine rings is 1. The first-order chi connectivity index (χ1) is 8.95. The number of aromatic nitrogens is 1. The zero-order valence-corrected chi connectivity index (χ0v) is 12.2. The third-order valence-electron chi connectivity index (χ3n) is 2.29. The quantitative estimate of drug-likeness (QED) is 0.903. The van der Waals surface area contributed by atoms with E-state index in [0.29, 0.717) is 20.9 Å². The molecule has 1 aromatic carbocycles. The highest BCUT2D eigenvalue weighted by Crippen LogP contribution is 2.31. The zero-order chi connectivity index (χ0) is 14.0. The van der Waals surface area contributed by atoms with Gasteiger partial charge in [-0.2, -0.15) is 0 Å².